The molecule has 0 saturated heterocycles. The highest BCUT2D eigenvalue weighted by Crippen LogP contribution is 2.40. The molecule has 2 amide bonds. The lowest BCUT2D eigenvalue weighted by molar-refractivity contribution is -0.115. The van der Waals surface area contributed by atoms with Gasteiger partial charge in [0.15, 0.2) is 5.65 Å². The fourth-order valence-corrected chi connectivity index (χ4v) is 3.72. The van der Waals surface area contributed by atoms with Crippen molar-refractivity contribution in [1.82, 2.24) is 14.5 Å². The van der Waals surface area contributed by atoms with Gasteiger partial charge >= 0.3 is 5.69 Å². The summed E-state index contributed by atoms with van der Waals surface area (Å²) in [5.41, 5.74) is 0.963. The van der Waals surface area contributed by atoms with E-state index in [1.54, 1.807) is 37.3 Å². The van der Waals surface area contributed by atoms with Gasteiger partial charge in [0.25, 0.3) is 11.5 Å². The summed E-state index contributed by atoms with van der Waals surface area (Å²) in [6.45, 7) is 6.05. The minimum atomic E-state index is -0.640. The number of rotatable bonds is 7. The molecule has 4 rings (SSSR count). The molecular formula is C24H27N5O4. The first-order valence-electron chi connectivity index (χ1n) is 11.2. The number of benzene rings is 1. The zero-order chi connectivity index (χ0) is 23.7. The lowest BCUT2D eigenvalue weighted by Gasteiger charge is -2.15. The number of pyridine rings is 1. The van der Waals surface area contributed by atoms with Crippen LogP contribution in [0, 0.1) is 5.92 Å². The number of carbonyl (C=O) groups excluding carboxylic acids is 2. The van der Waals surface area contributed by atoms with Crippen LogP contribution >= 0.6 is 0 Å². The van der Waals surface area contributed by atoms with Gasteiger partial charge in [0.2, 0.25) is 5.91 Å². The first-order chi connectivity index (χ1) is 15.8. The monoisotopic (exact) mass is 449 g/mol. The lowest BCUT2D eigenvalue weighted by Crippen LogP contribution is -2.33. The molecule has 0 spiro atoms. The van der Waals surface area contributed by atoms with Crippen molar-refractivity contribution >= 4 is 34.2 Å². The molecule has 9 heteroatoms. The molecule has 3 N–H and O–H groups in total. The highest BCUT2D eigenvalue weighted by atomic mass is 16.2. The van der Waals surface area contributed by atoms with Gasteiger partial charge in [-0.1, -0.05) is 26.8 Å². The summed E-state index contributed by atoms with van der Waals surface area (Å²) < 4.78 is 1.44. The average Bonchev–Trinajstić information content (AvgIpc) is 3.61. The van der Waals surface area contributed by atoms with Crippen LogP contribution in [0.25, 0.3) is 11.0 Å². The Hall–Kier alpha value is -3.75. The number of carbonyl (C=O) groups is 2. The van der Waals surface area contributed by atoms with E-state index in [2.05, 4.69) is 20.6 Å². The number of nitrogens with one attached hydrogen (secondary N) is 3. The first kappa shape index (κ1) is 22.4. The van der Waals surface area contributed by atoms with Crippen LogP contribution in [0.5, 0.6) is 0 Å². The predicted octanol–water partition coefficient (Wildman–Crippen LogP) is 3.22. The second kappa shape index (κ2) is 9.01. The second-order valence-corrected chi connectivity index (χ2v) is 8.77. The maximum absolute atomic E-state index is 13.3. The predicted molar refractivity (Wildman–Crippen MR) is 127 cm³/mol. The Labute approximate surface area is 190 Å². The van der Waals surface area contributed by atoms with Crippen LogP contribution in [-0.4, -0.2) is 26.3 Å². The summed E-state index contributed by atoms with van der Waals surface area (Å²) in [7, 11) is 0. The van der Waals surface area contributed by atoms with Crippen LogP contribution in [0.4, 0.5) is 11.4 Å². The third kappa shape index (κ3) is 4.87. The minimum absolute atomic E-state index is 0.0904. The average molecular weight is 450 g/mol. The van der Waals surface area contributed by atoms with Crippen LogP contribution in [0.3, 0.4) is 0 Å². The van der Waals surface area contributed by atoms with Crippen molar-refractivity contribution in [2.75, 3.05) is 10.6 Å². The highest BCUT2D eigenvalue weighted by molar-refractivity contribution is 6.12. The molecule has 0 aliphatic heterocycles. The van der Waals surface area contributed by atoms with Gasteiger partial charge in [-0.25, -0.2) is 9.78 Å². The third-order valence-electron chi connectivity index (χ3n) is 5.48. The zero-order valence-electron chi connectivity index (χ0n) is 18.9. The van der Waals surface area contributed by atoms with Gasteiger partial charge in [0, 0.05) is 36.0 Å². The molecule has 0 unspecified atom stereocenters. The number of amides is 2. The molecule has 1 saturated carbocycles. The molecule has 1 aliphatic carbocycles. The Morgan fingerprint density at radius 2 is 1.85 bits per heavy atom. The highest BCUT2D eigenvalue weighted by Gasteiger charge is 2.29. The number of aromatic nitrogens is 3. The van der Waals surface area contributed by atoms with Gasteiger partial charge in [0.05, 0.1) is 10.9 Å². The van der Waals surface area contributed by atoms with Crippen LogP contribution in [0.2, 0.25) is 0 Å². The number of nitrogens with zero attached hydrogens (tertiary/aromatic N) is 2. The van der Waals surface area contributed by atoms with Crippen molar-refractivity contribution in [2.24, 2.45) is 5.92 Å². The molecule has 1 aliphatic rings. The van der Waals surface area contributed by atoms with Crippen LogP contribution in [0.1, 0.15) is 62.0 Å². The van der Waals surface area contributed by atoms with E-state index in [1.165, 1.54) is 4.57 Å². The number of fused-ring (bicyclic) bond motifs is 1. The normalized spacial score (nSPS) is 13.3. The fraction of sp³-hybridized carbons (Fsp3) is 0.375. The van der Waals surface area contributed by atoms with Crippen molar-refractivity contribution in [2.45, 2.75) is 52.5 Å². The fourth-order valence-electron chi connectivity index (χ4n) is 3.72. The molecule has 33 heavy (non-hydrogen) atoms. The molecular weight excluding hydrogens is 422 g/mol. The van der Waals surface area contributed by atoms with E-state index in [9.17, 15) is 19.2 Å². The molecule has 172 valence electrons. The van der Waals surface area contributed by atoms with E-state index in [1.807, 2.05) is 13.8 Å². The smallest absolute Gasteiger partial charge is 0.326 e. The molecule has 1 aromatic carbocycles. The molecule has 0 atom stereocenters. The molecule has 1 fully saturated rings. The van der Waals surface area contributed by atoms with Crippen LogP contribution < -0.4 is 21.9 Å². The second-order valence-electron chi connectivity index (χ2n) is 8.77. The first-order valence-corrected chi connectivity index (χ1v) is 11.2. The van der Waals surface area contributed by atoms with E-state index in [0.29, 0.717) is 30.0 Å². The Morgan fingerprint density at radius 3 is 2.48 bits per heavy atom. The zero-order valence-corrected chi connectivity index (χ0v) is 18.9. The van der Waals surface area contributed by atoms with Crippen molar-refractivity contribution in [3.63, 3.8) is 0 Å². The number of aromatic amines is 1. The topological polar surface area (TPSA) is 126 Å². The third-order valence-corrected chi connectivity index (χ3v) is 5.48. The summed E-state index contributed by atoms with van der Waals surface area (Å²) in [6, 6.07) is 8.44. The van der Waals surface area contributed by atoms with E-state index < -0.39 is 17.2 Å². The molecule has 3 aromatic rings. The number of hydrogen-bond donors (Lipinski definition) is 3. The van der Waals surface area contributed by atoms with Gasteiger partial charge in [-0.2, -0.15) is 0 Å². The van der Waals surface area contributed by atoms with Gasteiger partial charge < -0.3 is 10.6 Å². The summed E-state index contributed by atoms with van der Waals surface area (Å²) in [5.74, 6) is -0.261. The minimum Gasteiger partial charge on any atom is -0.326 e. The summed E-state index contributed by atoms with van der Waals surface area (Å²) in [5, 5.41) is 5.66. The van der Waals surface area contributed by atoms with Crippen molar-refractivity contribution < 1.29 is 9.59 Å². The van der Waals surface area contributed by atoms with Gasteiger partial charge in [0.1, 0.15) is 0 Å². The van der Waals surface area contributed by atoms with Crippen molar-refractivity contribution in [1.29, 1.82) is 0 Å². The number of hydrogen-bond acceptors (Lipinski definition) is 5. The summed E-state index contributed by atoms with van der Waals surface area (Å²) in [4.78, 5) is 57.3. The standard InChI is InChI=1S/C24H27N5O4/c1-4-19(30)25-15-6-5-7-16(10-15)26-22(31)17-11-18(14-8-9-14)27-21-20(17)23(32)28-24(33)29(21)12-13(2)3/h5-7,10-11,13-14H,4,8-9,12H2,1-3H3,(H,25,30)(H,26,31)(H,28,32,33). The largest absolute Gasteiger partial charge is 0.330 e. The van der Waals surface area contributed by atoms with Crippen LogP contribution in [0.15, 0.2) is 39.9 Å². The van der Waals surface area contributed by atoms with Crippen molar-refractivity contribution in [3.05, 3.63) is 62.4 Å². The quantitative estimate of drug-likeness (QED) is 0.511. The van der Waals surface area contributed by atoms with E-state index >= 15 is 0 Å². The maximum atomic E-state index is 13.3. The van der Waals surface area contributed by atoms with Crippen LogP contribution in [-0.2, 0) is 11.3 Å². The lowest BCUT2D eigenvalue weighted by atomic mass is 10.1. The van der Waals surface area contributed by atoms with E-state index in [4.69, 9.17) is 0 Å². The maximum Gasteiger partial charge on any atom is 0.330 e. The summed E-state index contributed by atoms with van der Waals surface area (Å²) >= 11 is 0. The van der Waals surface area contributed by atoms with E-state index in [-0.39, 0.29) is 34.3 Å². The van der Waals surface area contributed by atoms with Gasteiger partial charge in [-0.05, 0) is 43.0 Å². The van der Waals surface area contributed by atoms with Crippen molar-refractivity contribution in [3.8, 4) is 0 Å². The molecule has 9 nitrogen and oxygen atoms in total. The Kier molecular flexibility index (Phi) is 6.13. The molecule has 2 aromatic heterocycles. The molecule has 2 heterocycles. The Balaban J connectivity index is 1.79. The number of anilines is 2. The molecule has 0 bridgehead atoms. The molecule has 0 radical (unpaired) electrons. The van der Waals surface area contributed by atoms with E-state index in [0.717, 1.165) is 12.8 Å². The number of H-pyrrole nitrogens is 1. The summed E-state index contributed by atoms with van der Waals surface area (Å²) in [6.07, 6.45) is 2.25. The Bertz CT molecular complexity index is 1350. The van der Waals surface area contributed by atoms with Gasteiger partial charge in [-0.15, -0.1) is 0 Å². The SMILES string of the molecule is CCC(=O)Nc1cccc(NC(=O)c2cc(C3CC3)nc3c2c(=O)[nH]c(=O)n3CC(C)C)c1. The Morgan fingerprint density at radius 1 is 1.15 bits per heavy atom. The van der Waals surface area contributed by atoms with Gasteiger partial charge in [-0.3, -0.25) is 23.9 Å².